The average molecular weight is 322 g/mol. The molecule has 7 heteroatoms. The van der Waals surface area contributed by atoms with Crippen molar-refractivity contribution in [3.05, 3.63) is 71.8 Å². The second-order valence-corrected chi connectivity index (χ2v) is 3.31. The molecule has 2 N–H and O–H groups in total. The van der Waals surface area contributed by atoms with Gasteiger partial charge in [0, 0.05) is 0 Å². The van der Waals surface area contributed by atoms with Gasteiger partial charge in [-0.2, -0.15) is 0 Å². The first kappa shape index (κ1) is 25.9. The first-order valence-corrected chi connectivity index (χ1v) is 5.14. The van der Waals surface area contributed by atoms with Crippen LogP contribution in [0, 0.1) is 0 Å². The number of benzene rings is 2. The summed E-state index contributed by atoms with van der Waals surface area (Å²) in [6.45, 7) is 0. The number of carboxylic acids is 2. The Morgan fingerprint density at radius 3 is 1.05 bits per heavy atom. The van der Waals surface area contributed by atoms with Gasteiger partial charge in [0.15, 0.2) is 0 Å². The summed E-state index contributed by atoms with van der Waals surface area (Å²) in [6.07, 6.45) is 0. The summed E-state index contributed by atoms with van der Waals surface area (Å²) in [5.74, 6) is -2.26. The van der Waals surface area contributed by atoms with Crippen LogP contribution in [0.1, 0.15) is 20.7 Å². The van der Waals surface area contributed by atoms with E-state index in [1.54, 1.807) is 36.4 Å². The van der Waals surface area contributed by atoms with Crippen molar-refractivity contribution in [1.82, 2.24) is 0 Å². The molecule has 0 aliphatic carbocycles. The standard InChI is InChI=1S/2C7H6O2.K.Na.H2O/c2*8-7(9)6-4-2-1-3-5-6;;;/h2*1-5H,(H,8,9);;;1H2/q;;2*+1;/p-2. The Kier molecular flexibility index (Phi) is 18.4. The molecule has 0 atom stereocenters. The summed E-state index contributed by atoms with van der Waals surface area (Å²) in [6, 6.07) is 16.1. The van der Waals surface area contributed by atoms with Crippen LogP contribution in [0.4, 0.5) is 0 Å². The number of carbonyl (C=O) groups excluding carboxylic acids is 2. The molecule has 0 spiro atoms. The van der Waals surface area contributed by atoms with E-state index in [4.69, 9.17) is 0 Å². The summed E-state index contributed by atoms with van der Waals surface area (Å²) in [7, 11) is 0. The van der Waals surface area contributed by atoms with Crippen LogP contribution in [0.15, 0.2) is 60.7 Å². The molecular weight excluding hydrogens is 310 g/mol. The Morgan fingerprint density at radius 1 is 0.667 bits per heavy atom. The van der Waals surface area contributed by atoms with Crippen molar-refractivity contribution in [2.45, 2.75) is 0 Å². The van der Waals surface area contributed by atoms with E-state index in [1.807, 2.05) is 0 Å². The maximum atomic E-state index is 10.1. The third kappa shape index (κ3) is 11.2. The molecule has 0 aromatic heterocycles. The zero-order valence-corrected chi connectivity index (χ0v) is 17.0. The molecule has 5 nitrogen and oxygen atoms in total. The van der Waals surface area contributed by atoms with Gasteiger partial charge in [0.1, 0.15) is 0 Å². The smallest absolute Gasteiger partial charge is 0.545 e. The Labute approximate surface area is 187 Å². The molecule has 2 aromatic carbocycles. The van der Waals surface area contributed by atoms with Crippen molar-refractivity contribution in [3.63, 3.8) is 0 Å². The second-order valence-electron chi connectivity index (χ2n) is 3.31. The van der Waals surface area contributed by atoms with Gasteiger partial charge in [0.05, 0.1) is 11.9 Å². The summed E-state index contributed by atoms with van der Waals surface area (Å²) < 4.78 is 0. The zero-order chi connectivity index (χ0) is 13.4. The van der Waals surface area contributed by atoms with Crippen LogP contribution in [0.5, 0.6) is 0 Å². The van der Waals surface area contributed by atoms with Gasteiger partial charge in [-0.1, -0.05) is 60.7 Å². The molecule has 0 aliphatic heterocycles. The molecular formula is C14H12KNaO5. The fraction of sp³-hybridized carbons (Fsp3) is 0. The minimum Gasteiger partial charge on any atom is -0.545 e. The predicted octanol–water partition coefficient (Wildman–Crippen LogP) is -6.72. The monoisotopic (exact) mass is 322 g/mol. The third-order valence-electron chi connectivity index (χ3n) is 2.02. The van der Waals surface area contributed by atoms with Crippen molar-refractivity contribution in [2.24, 2.45) is 0 Å². The van der Waals surface area contributed by atoms with Crippen molar-refractivity contribution in [1.29, 1.82) is 0 Å². The molecule has 0 saturated heterocycles. The molecule has 0 heterocycles. The molecule has 0 fully saturated rings. The average Bonchev–Trinajstić information content (AvgIpc) is 2.41. The van der Waals surface area contributed by atoms with E-state index in [0.717, 1.165) is 0 Å². The Hall–Kier alpha value is -0.0236. The fourth-order valence-corrected chi connectivity index (χ4v) is 1.15. The Balaban J connectivity index is -0.000000270. The molecule has 0 unspecified atom stereocenters. The molecule has 0 aliphatic rings. The van der Waals surface area contributed by atoms with Crippen LogP contribution in [0.25, 0.3) is 0 Å². The molecule has 0 radical (unpaired) electrons. The zero-order valence-electron chi connectivity index (χ0n) is 11.9. The van der Waals surface area contributed by atoms with Crippen molar-refractivity contribution in [3.8, 4) is 0 Å². The number of rotatable bonds is 2. The van der Waals surface area contributed by atoms with E-state index in [-0.39, 0.29) is 97.5 Å². The number of carbonyl (C=O) groups is 2. The van der Waals surface area contributed by atoms with Gasteiger partial charge >= 0.3 is 80.9 Å². The van der Waals surface area contributed by atoms with Crippen molar-refractivity contribution >= 4 is 11.9 Å². The molecule has 2 rings (SSSR count). The third-order valence-corrected chi connectivity index (χ3v) is 2.02. The van der Waals surface area contributed by atoms with Gasteiger partial charge in [-0.05, 0) is 11.1 Å². The molecule has 21 heavy (non-hydrogen) atoms. The predicted molar refractivity (Wildman–Crippen MR) is 65.2 cm³/mol. The van der Waals surface area contributed by atoms with E-state index < -0.39 is 11.9 Å². The van der Waals surface area contributed by atoms with Gasteiger partial charge in [0.2, 0.25) is 0 Å². The van der Waals surface area contributed by atoms with Crippen molar-refractivity contribution < 1.29 is 106 Å². The van der Waals surface area contributed by atoms with Crippen LogP contribution < -0.4 is 91.2 Å². The summed E-state index contributed by atoms with van der Waals surface area (Å²) in [5.41, 5.74) is 0.440. The van der Waals surface area contributed by atoms with Gasteiger partial charge in [0.25, 0.3) is 0 Å². The quantitative estimate of drug-likeness (QED) is 0.512. The van der Waals surface area contributed by atoms with E-state index in [9.17, 15) is 19.8 Å². The summed E-state index contributed by atoms with van der Waals surface area (Å²) in [4.78, 5) is 20.2. The van der Waals surface area contributed by atoms with Crippen LogP contribution in [-0.4, -0.2) is 17.4 Å². The summed E-state index contributed by atoms with van der Waals surface area (Å²) in [5, 5.41) is 20.2. The number of hydrogen-bond donors (Lipinski definition) is 0. The molecule has 0 amide bonds. The minimum atomic E-state index is -1.13. The van der Waals surface area contributed by atoms with Gasteiger partial charge in [-0.25, -0.2) is 0 Å². The maximum Gasteiger partial charge on any atom is 1.00 e. The normalized spacial score (nSPS) is 7.62. The molecule has 0 saturated carbocycles. The molecule has 0 bridgehead atoms. The first-order valence-electron chi connectivity index (χ1n) is 5.14. The topological polar surface area (TPSA) is 112 Å². The fourth-order valence-electron chi connectivity index (χ4n) is 1.15. The largest absolute Gasteiger partial charge is 1.00 e. The van der Waals surface area contributed by atoms with Crippen LogP contribution in [-0.2, 0) is 0 Å². The van der Waals surface area contributed by atoms with Gasteiger partial charge < -0.3 is 25.3 Å². The second kappa shape index (κ2) is 14.9. The Bertz CT molecular complexity index is 470. The molecule has 2 aromatic rings. The van der Waals surface area contributed by atoms with E-state index >= 15 is 0 Å². The van der Waals surface area contributed by atoms with Crippen LogP contribution in [0.3, 0.4) is 0 Å². The van der Waals surface area contributed by atoms with E-state index in [2.05, 4.69) is 0 Å². The maximum absolute atomic E-state index is 10.1. The van der Waals surface area contributed by atoms with Crippen LogP contribution >= 0.6 is 0 Å². The van der Waals surface area contributed by atoms with Gasteiger partial charge in [-0.3, -0.25) is 0 Å². The van der Waals surface area contributed by atoms with Gasteiger partial charge in [-0.15, -0.1) is 0 Å². The number of carboxylic acid groups (broad SMARTS) is 2. The SMILES string of the molecule is O.O=C([O-])c1ccccc1.O=C([O-])c1ccccc1.[K+].[Na+]. The summed E-state index contributed by atoms with van der Waals surface area (Å²) >= 11 is 0. The Morgan fingerprint density at radius 2 is 0.905 bits per heavy atom. The number of aromatic carboxylic acids is 2. The van der Waals surface area contributed by atoms with E-state index in [0.29, 0.717) is 0 Å². The van der Waals surface area contributed by atoms with Crippen molar-refractivity contribution in [2.75, 3.05) is 0 Å². The van der Waals surface area contributed by atoms with E-state index in [1.165, 1.54) is 24.3 Å². The minimum absolute atomic E-state index is 0. The first-order chi connectivity index (χ1) is 8.61. The van der Waals surface area contributed by atoms with Crippen LogP contribution in [0.2, 0.25) is 0 Å². The molecule has 100 valence electrons. The number of hydrogen-bond acceptors (Lipinski definition) is 4.